The van der Waals surface area contributed by atoms with Gasteiger partial charge in [0.25, 0.3) is 0 Å². The normalized spacial score (nSPS) is 27.1. The molecule has 5 atom stereocenters. The Bertz CT molecular complexity index is 1660. The molecule has 2 N–H and O–H groups in total. The van der Waals surface area contributed by atoms with Crippen LogP contribution >= 0.6 is 19.2 Å². The zero-order valence-electron chi connectivity index (χ0n) is 24.0. The highest BCUT2D eigenvalue weighted by molar-refractivity contribution is 7.97. The maximum Gasteiger partial charge on any atom is 0.509 e. The lowest BCUT2D eigenvalue weighted by Gasteiger charge is -2.31. The zero-order chi connectivity index (χ0) is 32.5. The average Bonchev–Trinajstić information content (AvgIpc) is 3.60. The average molecular weight is 693 g/mol. The number of carbonyl (C=O) groups excluding carboxylic acids is 2. The third kappa shape index (κ3) is 7.53. The van der Waals surface area contributed by atoms with Crippen molar-refractivity contribution in [1.82, 2.24) is 9.55 Å². The van der Waals surface area contributed by atoms with E-state index in [2.05, 4.69) is 14.8 Å². The molecule has 0 aromatic carbocycles. The Kier molecular flexibility index (Phi) is 9.93. The van der Waals surface area contributed by atoms with Crippen molar-refractivity contribution in [1.29, 1.82) is 5.26 Å². The van der Waals surface area contributed by atoms with Crippen LogP contribution in [0.3, 0.4) is 0 Å². The van der Waals surface area contributed by atoms with Crippen LogP contribution in [0.1, 0.15) is 57.2 Å². The minimum Gasteiger partial charge on any atom is -0.438 e. The van der Waals surface area contributed by atoms with Crippen LogP contribution in [-0.2, 0) is 42.7 Å². The number of pyridine rings is 1. The third-order valence-electron chi connectivity index (χ3n) is 7.62. The lowest BCUT2D eigenvalue weighted by molar-refractivity contribution is -0.150. The second-order valence-corrected chi connectivity index (χ2v) is 15.8. The Balaban J connectivity index is 1.30. The number of unbranched alkanes of at least 4 members (excludes halogenated alkanes) is 2. The Morgan fingerprint density at radius 2 is 2.07 bits per heavy atom. The Hall–Kier alpha value is -3.00. The van der Waals surface area contributed by atoms with Crippen LogP contribution < -0.4 is 5.32 Å². The van der Waals surface area contributed by atoms with Gasteiger partial charge < -0.3 is 33.7 Å². The van der Waals surface area contributed by atoms with Crippen molar-refractivity contribution >= 4 is 57.9 Å². The van der Waals surface area contributed by atoms with E-state index in [1.54, 1.807) is 6.07 Å². The number of aromatic nitrogens is 2. The zero-order valence-corrected chi connectivity index (χ0v) is 26.4. The molecule has 45 heavy (non-hydrogen) atoms. The Labute approximate surface area is 262 Å². The number of fused-ring (bicyclic) bond motifs is 2. The predicted octanol–water partition coefficient (Wildman–Crippen LogP) is 3.93. The second-order valence-electron chi connectivity index (χ2n) is 11.0. The molecule has 2 saturated heterocycles. The first kappa shape index (κ1) is 33.4. The molecule has 1 aliphatic carbocycles. The molecule has 3 fully saturated rings. The first-order chi connectivity index (χ1) is 21.3. The summed E-state index contributed by atoms with van der Waals surface area (Å²) in [5, 5.41) is 13.1. The van der Waals surface area contributed by atoms with Crippen LogP contribution in [0.15, 0.2) is 12.3 Å². The van der Waals surface area contributed by atoms with E-state index in [1.165, 1.54) is 10.8 Å². The van der Waals surface area contributed by atoms with Gasteiger partial charge >= 0.3 is 19.7 Å². The summed E-state index contributed by atoms with van der Waals surface area (Å²) in [6.45, 7) is 1.05. The number of halogens is 2. The van der Waals surface area contributed by atoms with E-state index in [0.717, 1.165) is 12.8 Å². The van der Waals surface area contributed by atoms with Crippen molar-refractivity contribution in [2.45, 2.75) is 82.2 Å². The van der Waals surface area contributed by atoms with E-state index in [-0.39, 0.29) is 41.7 Å². The van der Waals surface area contributed by atoms with Crippen LogP contribution in [0.25, 0.3) is 11.0 Å². The smallest absolute Gasteiger partial charge is 0.438 e. The van der Waals surface area contributed by atoms with Crippen LogP contribution in [0, 0.1) is 11.3 Å². The lowest BCUT2D eigenvalue weighted by atomic mass is 9.90. The van der Waals surface area contributed by atoms with E-state index in [9.17, 15) is 37.1 Å². The summed E-state index contributed by atoms with van der Waals surface area (Å²) in [6, 6.07) is 3.37. The third-order valence-corrected chi connectivity index (χ3v) is 12.1. The molecule has 15 nitrogen and oxygen atoms in total. The molecule has 1 unspecified atom stereocenters. The van der Waals surface area contributed by atoms with Crippen molar-refractivity contribution in [3.63, 3.8) is 0 Å². The maximum absolute atomic E-state index is 13.5. The number of sulfone groups is 1. The SMILES string of the molecule is CCCCCC(=O)OCOP(=O)(O)CS(=O)(=O)C[C@H]1O[C@@H](n2ccc3c(N[C@H]4C[C@@H](F)C4)c(C#N)c(Cl)nc32)[C@@H]2OC(=O)O[C@@H]21. The molecule has 246 valence electrons. The number of nitrogens with one attached hydrogen (secondary N) is 1. The number of hydrogen-bond acceptors (Lipinski definition) is 13. The van der Waals surface area contributed by atoms with Crippen molar-refractivity contribution in [2.24, 2.45) is 0 Å². The summed E-state index contributed by atoms with van der Waals surface area (Å²) in [4.78, 5) is 38.2. The Morgan fingerprint density at radius 1 is 1.33 bits per heavy atom. The Morgan fingerprint density at radius 3 is 2.76 bits per heavy atom. The summed E-state index contributed by atoms with van der Waals surface area (Å²) < 4.78 is 79.3. The highest BCUT2D eigenvalue weighted by Gasteiger charge is 2.56. The van der Waals surface area contributed by atoms with E-state index in [4.69, 9.17) is 30.5 Å². The molecule has 0 radical (unpaired) electrons. The molecule has 0 bridgehead atoms. The van der Waals surface area contributed by atoms with Gasteiger partial charge in [0.2, 0.25) is 6.79 Å². The minimum absolute atomic E-state index is 0.0518. The van der Waals surface area contributed by atoms with Crippen LogP contribution in [0.5, 0.6) is 0 Å². The number of nitriles is 1. The molecule has 5 rings (SSSR count). The van der Waals surface area contributed by atoms with E-state index >= 15 is 0 Å². The molecule has 2 aromatic rings. The van der Waals surface area contributed by atoms with Crippen LogP contribution in [0.4, 0.5) is 14.9 Å². The van der Waals surface area contributed by atoms with Crippen LogP contribution in [-0.4, -0.2) is 83.6 Å². The van der Waals surface area contributed by atoms with Gasteiger partial charge in [0, 0.05) is 24.0 Å². The molecular weight excluding hydrogens is 662 g/mol. The summed E-state index contributed by atoms with van der Waals surface area (Å²) in [5.74, 6) is -1.50. The molecule has 19 heteroatoms. The van der Waals surface area contributed by atoms with E-state index in [0.29, 0.717) is 17.5 Å². The number of nitrogens with zero attached hydrogens (tertiary/aromatic N) is 3. The lowest BCUT2D eigenvalue weighted by Crippen LogP contribution is -2.36. The summed E-state index contributed by atoms with van der Waals surface area (Å²) in [5.41, 5.74) is -0.733. The number of carbonyl (C=O) groups is 2. The van der Waals surface area contributed by atoms with Gasteiger partial charge in [-0.05, 0) is 25.3 Å². The first-order valence-corrected chi connectivity index (χ1v) is 18.1. The second kappa shape index (κ2) is 13.4. The van der Waals surface area contributed by atoms with E-state index in [1.807, 2.05) is 13.0 Å². The number of alkyl halides is 1. The highest BCUT2D eigenvalue weighted by Crippen LogP contribution is 2.46. The molecule has 0 amide bonds. The summed E-state index contributed by atoms with van der Waals surface area (Å²) in [7, 11) is -9.17. The van der Waals surface area contributed by atoms with Gasteiger partial charge in [-0.25, -0.2) is 22.6 Å². The number of hydrogen-bond donors (Lipinski definition) is 2. The molecular formula is C26H31ClFN4O11PS. The highest BCUT2D eigenvalue weighted by atomic mass is 35.5. The van der Waals surface area contributed by atoms with Gasteiger partial charge in [-0.2, -0.15) is 5.26 Å². The van der Waals surface area contributed by atoms with Gasteiger partial charge in [-0.3, -0.25) is 13.9 Å². The number of ether oxygens (including phenoxy) is 4. The first-order valence-electron chi connectivity index (χ1n) is 14.2. The number of anilines is 1. The fourth-order valence-electron chi connectivity index (χ4n) is 5.41. The topological polar surface area (TPSA) is 205 Å². The molecule has 3 aliphatic rings. The quantitative estimate of drug-likeness (QED) is 0.0946. The van der Waals surface area contributed by atoms with Gasteiger partial charge in [0.1, 0.15) is 29.6 Å². The molecule has 1 saturated carbocycles. The van der Waals surface area contributed by atoms with Gasteiger partial charge in [0.15, 0.2) is 38.9 Å². The number of rotatable bonds is 14. The minimum atomic E-state index is -4.77. The molecule has 2 aliphatic heterocycles. The monoisotopic (exact) mass is 692 g/mol. The van der Waals surface area contributed by atoms with E-state index < -0.39 is 78.3 Å². The predicted molar refractivity (Wildman–Crippen MR) is 155 cm³/mol. The van der Waals surface area contributed by atoms with Crippen molar-refractivity contribution < 1.29 is 55.3 Å². The molecule has 0 spiro atoms. The summed E-state index contributed by atoms with van der Waals surface area (Å²) >= 11 is 6.33. The molecule has 2 aromatic heterocycles. The standard InChI is InChI=1S/C26H31ClFN4O11PS/c1-2-3-4-5-19(33)39-12-40-44(35,36)13-45(37,38)11-18-21-22(43-26(34)42-21)25(41-18)32-7-6-16-20(30-15-8-14(28)9-15)17(10-29)23(27)31-24(16)32/h6-7,14-15,18,21-22,25H,2-5,8-9,11-13H2,1H3,(H,30,31)(H,35,36)/t14-,15+,18-,21-,22-,25-/m1/s1. The summed E-state index contributed by atoms with van der Waals surface area (Å²) in [6.07, 6.45) is -2.50. The fraction of sp³-hybridized carbons (Fsp3) is 0.615. The van der Waals surface area contributed by atoms with Crippen molar-refractivity contribution in [2.75, 3.05) is 23.4 Å². The van der Waals surface area contributed by atoms with Crippen molar-refractivity contribution in [3.8, 4) is 6.07 Å². The number of esters is 1. The fourth-order valence-corrected chi connectivity index (χ4v) is 9.32. The van der Waals surface area contributed by atoms with Gasteiger partial charge in [-0.1, -0.05) is 31.4 Å². The van der Waals surface area contributed by atoms with Crippen molar-refractivity contribution in [3.05, 3.63) is 23.0 Å². The molecule has 4 heterocycles. The van der Waals surface area contributed by atoms with Gasteiger partial charge in [0.05, 0.1) is 11.4 Å². The van der Waals surface area contributed by atoms with Crippen LogP contribution in [0.2, 0.25) is 5.15 Å². The maximum atomic E-state index is 13.5. The largest absolute Gasteiger partial charge is 0.509 e. The van der Waals surface area contributed by atoms with Gasteiger partial charge in [-0.15, -0.1) is 0 Å².